The maximum Gasteiger partial charge on any atom is 0.409 e. The van der Waals surface area contributed by atoms with Gasteiger partial charge in [-0.15, -0.1) is 24.0 Å². The molecule has 1 aromatic heterocycles. The third kappa shape index (κ3) is 2.44. The maximum atomic E-state index is 12.4. The van der Waals surface area contributed by atoms with Gasteiger partial charge >= 0.3 is 6.09 Å². The molecular formula is C12H17NO4S3. The lowest BCUT2D eigenvalue weighted by molar-refractivity contribution is 0.104. The van der Waals surface area contributed by atoms with E-state index in [1.165, 1.54) is 7.11 Å². The minimum Gasteiger partial charge on any atom is -0.453 e. The third-order valence-electron chi connectivity index (χ3n) is 3.54. The summed E-state index contributed by atoms with van der Waals surface area (Å²) in [6.45, 7) is 3.98. The van der Waals surface area contributed by atoms with Crippen LogP contribution in [0.3, 0.4) is 0 Å². The minimum atomic E-state index is -3.32. The average Bonchev–Trinajstić information content (AvgIpc) is 2.79. The summed E-state index contributed by atoms with van der Waals surface area (Å²) in [6.07, 6.45) is -0.0655. The fraction of sp³-hybridized carbons (Fsp3) is 0.583. The summed E-state index contributed by atoms with van der Waals surface area (Å²) in [4.78, 5) is 13.4. The molecule has 0 saturated carbocycles. The largest absolute Gasteiger partial charge is 0.453 e. The smallest absolute Gasteiger partial charge is 0.409 e. The Morgan fingerprint density at radius 2 is 2.25 bits per heavy atom. The Kier molecular flexibility index (Phi) is 4.36. The van der Waals surface area contributed by atoms with Crippen LogP contribution >= 0.6 is 24.0 Å². The lowest BCUT2D eigenvalue weighted by Crippen LogP contribution is -2.40. The number of thiol groups is 1. The van der Waals surface area contributed by atoms with Crippen molar-refractivity contribution in [3.63, 3.8) is 0 Å². The van der Waals surface area contributed by atoms with Crippen molar-refractivity contribution in [3.8, 4) is 0 Å². The molecule has 0 radical (unpaired) electrons. The number of sulfone groups is 1. The van der Waals surface area contributed by atoms with Crippen LogP contribution in [0.1, 0.15) is 31.9 Å². The summed E-state index contributed by atoms with van der Waals surface area (Å²) in [7, 11) is -1.99. The number of fused-ring (bicyclic) bond motifs is 1. The second-order valence-electron chi connectivity index (χ2n) is 4.69. The van der Waals surface area contributed by atoms with Gasteiger partial charge in [0.15, 0.2) is 9.84 Å². The molecule has 0 unspecified atom stereocenters. The molecule has 0 fully saturated rings. The number of amides is 1. The zero-order chi connectivity index (χ0) is 15.1. The van der Waals surface area contributed by atoms with Gasteiger partial charge < -0.3 is 9.64 Å². The number of thiophene rings is 1. The summed E-state index contributed by atoms with van der Waals surface area (Å²) < 4.78 is 30.5. The molecule has 2 atom stereocenters. The average molecular weight is 335 g/mol. The summed E-state index contributed by atoms with van der Waals surface area (Å²) >= 11 is 5.40. The second-order valence-corrected chi connectivity index (χ2v) is 9.09. The SMILES string of the molecule is CCN(C(=O)OC)[C@H]1C[C@H](C)S(=O)(=O)c2sc(S)cc21. The molecule has 0 aliphatic carbocycles. The zero-order valence-corrected chi connectivity index (χ0v) is 14.0. The summed E-state index contributed by atoms with van der Waals surface area (Å²) in [6, 6.07) is 1.46. The highest BCUT2D eigenvalue weighted by molar-refractivity contribution is 7.94. The van der Waals surface area contributed by atoms with Crippen molar-refractivity contribution in [1.29, 1.82) is 0 Å². The number of carbonyl (C=O) groups excluding carboxylic acids is 1. The molecule has 1 amide bonds. The van der Waals surface area contributed by atoms with Crippen LogP contribution in [-0.4, -0.2) is 38.3 Å². The van der Waals surface area contributed by atoms with Gasteiger partial charge in [0.2, 0.25) is 0 Å². The van der Waals surface area contributed by atoms with Crippen LogP contribution in [0, 0.1) is 0 Å². The Morgan fingerprint density at radius 1 is 1.60 bits per heavy atom. The van der Waals surface area contributed by atoms with E-state index in [0.717, 1.165) is 11.3 Å². The number of ether oxygens (including phenoxy) is 1. The van der Waals surface area contributed by atoms with Crippen LogP contribution in [0.25, 0.3) is 0 Å². The van der Waals surface area contributed by atoms with Gasteiger partial charge in [-0.2, -0.15) is 0 Å². The van der Waals surface area contributed by atoms with E-state index in [1.807, 2.05) is 6.92 Å². The van der Waals surface area contributed by atoms with E-state index < -0.39 is 21.2 Å². The lowest BCUT2D eigenvalue weighted by atomic mass is 10.0. The highest BCUT2D eigenvalue weighted by Crippen LogP contribution is 2.44. The van der Waals surface area contributed by atoms with Crippen molar-refractivity contribution in [2.24, 2.45) is 0 Å². The molecule has 1 aromatic rings. The van der Waals surface area contributed by atoms with Crippen LogP contribution in [0.2, 0.25) is 0 Å². The highest BCUT2D eigenvalue weighted by Gasteiger charge is 2.41. The molecule has 0 aromatic carbocycles. The van der Waals surface area contributed by atoms with E-state index in [9.17, 15) is 13.2 Å². The van der Waals surface area contributed by atoms with Gasteiger partial charge in [0.25, 0.3) is 0 Å². The quantitative estimate of drug-likeness (QED) is 0.844. The summed E-state index contributed by atoms with van der Waals surface area (Å²) in [5.41, 5.74) is 0.658. The maximum absolute atomic E-state index is 12.4. The first-order chi connectivity index (χ1) is 9.32. The van der Waals surface area contributed by atoms with Gasteiger partial charge in [-0.25, -0.2) is 13.2 Å². The number of carbonyl (C=O) groups is 1. The Hall–Kier alpha value is -0.730. The summed E-state index contributed by atoms with van der Waals surface area (Å²) in [5, 5.41) is -0.523. The topological polar surface area (TPSA) is 63.7 Å². The molecule has 0 spiro atoms. The van der Waals surface area contributed by atoms with E-state index in [2.05, 4.69) is 12.6 Å². The van der Waals surface area contributed by atoms with Gasteiger partial charge in [0.05, 0.1) is 22.6 Å². The predicted molar refractivity (Wildman–Crippen MR) is 80.4 cm³/mol. The van der Waals surface area contributed by atoms with E-state index in [-0.39, 0.29) is 6.04 Å². The Labute approximate surface area is 128 Å². The van der Waals surface area contributed by atoms with Gasteiger partial charge in [-0.1, -0.05) is 0 Å². The molecular weight excluding hydrogens is 318 g/mol. The molecule has 0 saturated heterocycles. The zero-order valence-electron chi connectivity index (χ0n) is 11.5. The molecule has 1 aliphatic rings. The van der Waals surface area contributed by atoms with Crippen molar-refractivity contribution in [2.75, 3.05) is 13.7 Å². The van der Waals surface area contributed by atoms with Crippen LogP contribution in [0.15, 0.2) is 14.5 Å². The first-order valence-corrected chi connectivity index (χ1v) is 9.05. The van der Waals surface area contributed by atoms with Crippen molar-refractivity contribution in [3.05, 3.63) is 11.6 Å². The standard InChI is InChI=1S/C12H17NO4S3/c1-4-13(12(14)17-3)9-5-7(2)20(15,16)11-8(9)6-10(18)19-11/h6-7,9,18H,4-5H2,1-3H3/t7-,9-/m0/s1. The second kappa shape index (κ2) is 5.57. The molecule has 2 rings (SSSR count). The monoisotopic (exact) mass is 335 g/mol. The number of rotatable bonds is 2. The Bertz CT molecular complexity index is 623. The summed E-state index contributed by atoms with van der Waals surface area (Å²) in [5.74, 6) is 0. The van der Waals surface area contributed by atoms with Crippen LogP contribution in [-0.2, 0) is 14.6 Å². The Morgan fingerprint density at radius 3 is 2.80 bits per heavy atom. The van der Waals surface area contributed by atoms with E-state index in [0.29, 0.717) is 26.9 Å². The van der Waals surface area contributed by atoms with Crippen LogP contribution < -0.4 is 0 Å². The predicted octanol–water partition coefficient (Wildman–Crippen LogP) is 2.73. The first kappa shape index (κ1) is 15.7. The minimum absolute atomic E-state index is 0.280. The van der Waals surface area contributed by atoms with Gasteiger partial charge in [-0.05, 0) is 26.3 Å². The van der Waals surface area contributed by atoms with E-state index >= 15 is 0 Å². The Balaban J connectivity index is 2.54. The first-order valence-electron chi connectivity index (χ1n) is 6.24. The van der Waals surface area contributed by atoms with Crippen molar-refractivity contribution in [1.82, 2.24) is 4.90 Å². The molecule has 20 heavy (non-hydrogen) atoms. The molecule has 5 nitrogen and oxygen atoms in total. The van der Waals surface area contributed by atoms with Gasteiger partial charge in [-0.3, -0.25) is 0 Å². The number of hydrogen-bond acceptors (Lipinski definition) is 6. The molecule has 0 bridgehead atoms. The van der Waals surface area contributed by atoms with Gasteiger partial charge in [0.1, 0.15) is 4.21 Å². The molecule has 2 heterocycles. The highest BCUT2D eigenvalue weighted by atomic mass is 32.2. The number of methoxy groups -OCH3 is 1. The third-order valence-corrected chi connectivity index (χ3v) is 7.64. The van der Waals surface area contributed by atoms with Crippen LogP contribution in [0.4, 0.5) is 4.79 Å². The van der Waals surface area contributed by atoms with Gasteiger partial charge in [0, 0.05) is 12.1 Å². The molecule has 112 valence electrons. The van der Waals surface area contributed by atoms with Crippen molar-refractivity contribution >= 4 is 39.9 Å². The lowest BCUT2D eigenvalue weighted by Gasteiger charge is -2.34. The molecule has 1 aliphatic heterocycles. The van der Waals surface area contributed by atoms with Crippen molar-refractivity contribution < 1.29 is 17.9 Å². The molecule has 8 heteroatoms. The van der Waals surface area contributed by atoms with E-state index in [1.54, 1.807) is 17.9 Å². The van der Waals surface area contributed by atoms with Crippen LogP contribution in [0.5, 0.6) is 0 Å². The molecule has 0 N–H and O–H groups in total. The fourth-order valence-corrected chi connectivity index (χ4v) is 6.31. The fourth-order valence-electron chi connectivity index (χ4n) is 2.47. The van der Waals surface area contributed by atoms with E-state index in [4.69, 9.17) is 4.74 Å². The number of nitrogens with zero attached hydrogens (tertiary/aromatic N) is 1. The normalized spacial score (nSPS) is 24.0. The number of hydrogen-bond donors (Lipinski definition) is 1. The van der Waals surface area contributed by atoms with Crippen molar-refractivity contribution in [2.45, 2.75) is 40.0 Å².